The summed E-state index contributed by atoms with van der Waals surface area (Å²) in [5.41, 5.74) is 0. The van der Waals surface area contributed by atoms with Gasteiger partial charge in [0.25, 0.3) is 0 Å². The van der Waals surface area contributed by atoms with Crippen LogP contribution in [-0.2, 0) is 28.6 Å². The summed E-state index contributed by atoms with van der Waals surface area (Å²) in [5.74, 6) is -1.57. The van der Waals surface area contributed by atoms with E-state index in [0.717, 1.165) is 32.1 Å². The minimum Gasteiger partial charge on any atom is -0.477 e. The van der Waals surface area contributed by atoms with E-state index in [1.54, 1.807) is 0 Å². The first kappa shape index (κ1) is 45.6. The van der Waals surface area contributed by atoms with Crippen molar-refractivity contribution in [2.75, 3.05) is 41.0 Å². The third kappa shape index (κ3) is 29.7. The van der Waals surface area contributed by atoms with E-state index in [9.17, 15) is 19.5 Å². The van der Waals surface area contributed by atoms with Gasteiger partial charge in [0, 0.05) is 19.3 Å². The first-order valence-corrected chi connectivity index (χ1v) is 19.0. The number of carbonyl (C=O) groups is 3. The number of carboxylic acid groups (broad SMARTS) is 1. The van der Waals surface area contributed by atoms with Crippen LogP contribution in [0, 0.1) is 0 Å². The lowest BCUT2D eigenvalue weighted by atomic mass is 10.1. The average Bonchev–Trinajstić information content (AvgIpc) is 3.03. The minimum atomic E-state index is -0.886. The number of rotatable bonds is 33. The molecule has 0 saturated heterocycles. The second kappa shape index (κ2) is 31.8. The molecule has 0 amide bonds. The molecule has 0 spiro atoms. The van der Waals surface area contributed by atoms with Gasteiger partial charge in [0.1, 0.15) is 6.61 Å². The molecule has 0 bridgehead atoms. The summed E-state index contributed by atoms with van der Waals surface area (Å²) in [4.78, 5) is 36.6. The quantitative estimate of drug-likeness (QED) is 0.0319. The van der Waals surface area contributed by atoms with Crippen LogP contribution < -0.4 is 0 Å². The van der Waals surface area contributed by atoms with E-state index in [4.69, 9.17) is 14.2 Å². The number of quaternary nitrogens is 1. The summed E-state index contributed by atoms with van der Waals surface area (Å²) < 4.78 is 17.0. The number of aliphatic carboxylic acids is 1. The van der Waals surface area contributed by atoms with Crippen LogP contribution >= 0.6 is 0 Å². The summed E-state index contributed by atoms with van der Waals surface area (Å²) in [6.07, 6.45) is 33.7. The van der Waals surface area contributed by atoms with Crippen molar-refractivity contribution < 1.29 is 38.2 Å². The molecule has 0 rings (SSSR count). The molecule has 8 nitrogen and oxygen atoms in total. The highest BCUT2D eigenvalue weighted by atomic mass is 16.6. The molecule has 0 aliphatic carbocycles. The largest absolute Gasteiger partial charge is 0.477 e. The molecule has 0 radical (unpaired) electrons. The lowest BCUT2D eigenvalue weighted by Crippen LogP contribution is -2.50. The molecule has 0 aliphatic rings. The Labute approximate surface area is 293 Å². The molecule has 0 aromatic rings. The zero-order valence-electron chi connectivity index (χ0n) is 31.4. The number of carbonyl (C=O) groups excluding carboxylic acids is 2. The molecule has 0 aliphatic heterocycles. The summed E-state index contributed by atoms with van der Waals surface area (Å²) in [6.45, 7) is 4.50. The SMILES string of the molecule is CC/C=C/C/C=C/CCC(=O)OC(COCCC(C(=O)O)[N+](C)(C)C)COC(=O)CCCCCCCCC/C=C/CCCCCCCC. The molecule has 278 valence electrons. The molecule has 0 fully saturated rings. The number of likely N-dealkylation sites (N-methyl/N-ethyl adjacent to an activating group) is 1. The Morgan fingerprint density at radius 3 is 1.79 bits per heavy atom. The van der Waals surface area contributed by atoms with Crippen LogP contribution in [0.25, 0.3) is 0 Å². The molecular formula is C40H72NO7+. The van der Waals surface area contributed by atoms with Crippen molar-refractivity contribution in [2.24, 2.45) is 0 Å². The van der Waals surface area contributed by atoms with Crippen molar-refractivity contribution in [2.45, 2.75) is 161 Å². The second-order valence-electron chi connectivity index (χ2n) is 13.8. The van der Waals surface area contributed by atoms with Crippen molar-refractivity contribution in [3.8, 4) is 0 Å². The van der Waals surface area contributed by atoms with Gasteiger partial charge in [0.2, 0.25) is 0 Å². The number of esters is 2. The predicted octanol–water partition coefficient (Wildman–Crippen LogP) is 9.52. The number of nitrogens with zero attached hydrogens (tertiary/aromatic N) is 1. The standard InChI is InChI=1S/C40H71NO7/c1-6-8-10-12-14-15-16-17-18-19-20-21-22-23-25-26-28-30-38(42)47-35-36(34-46-33-32-37(40(44)45)41(3,4)5)48-39(43)31-29-27-24-13-11-9-7-2/h9,11,17-18,24,27,36-37H,6-8,10,12-16,19-23,25-26,28-35H2,1-5H3/p+1/b11-9+,18-17+,27-24+. The van der Waals surface area contributed by atoms with Gasteiger partial charge in [-0.15, -0.1) is 0 Å². The monoisotopic (exact) mass is 679 g/mol. The maximum atomic E-state index is 12.5. The molecule has 2 unspecified atom stereocenters. The molecule has 0 aromatic carbocycles. The Kier molecular flexibility index (Phi) is 30.2. The Hall–Kier alpha value is -2.45. The highest BCUT2D eigenvalue weighted by molar-refractivity contribution is 5.72. The highest BCUT2D eigenvalue weighted by Crippen LogP contribution is 2.13. The van der Waals surface area contributed by atoms with Gasteiger partial charge in [0.05, 0.1) is 34.4 Å². The van der Waals surface area contributed by atoms with Crippen LogP contribution in [0.4, 0.5) is 0 Å². The number of hydrogen-bond donors (Lipinski definition) is 1. The molecule has 0 saturated carbocycles. The Bertz CT molecular complexity index is 891. The summed E-state index contributed by atoms with van der Waals surface area (Å²) in [6, 6.07) is -0.621. The van der Waals surface area contributed by atoms with Gasteiger partial charge in [-0.05, 0) is 51.4 Å². The van der Waals surface area contributed by atoms with Crippen LogP contribution in [-0.4, -0.2) is 80.6 Å². The van der Waals surface area contributed by atoms with Crippen molar-refractivity contribution in [3.63, 3.8) is 0 Å². The van der Waals surface area contributed by atoms with Crippen molar-refractivity contribution in [1.29, 1.82) is 0 Å². The van der Waals surface area contributed by atoms with Gasteiger partial charge >= 0.3 is 17.9 Å². The first-order valence-electron chi connectivity index (χ1n) is 19.0. The average molecular weight is 679 g/mol. The number of unbranched alkanes of at least 4 members (excludes halogenated alkanes) is 13. The summed E-state index contributed by atoms with van der Waals surface area (Å²) >= 11 is 0. The smallest absolute Gasteiger partial charge is 0.362 e. The van der Waals surface area contributed by atoms with E-state index < -0.39 is 18.1 Å². The summed E-state index contributed by atoms with van der Waals surface area (Å²) in [5, 5.41) is 9.55. The van der Waals surface area contributed by atoms with Crippen LogP contribution in [0.1, 0.15) is 149 Å². The first-order chi connectivity index (χ1) is 23.1. The molecule has 48 heavy (non-hydrogen) atoms. The molecular weight excluding hydrogens is 606 g/mol. The third-order valence-corrected chi connectivity index (χ3v) is 8.29. The van der Waals surface area contributed by atoms with E-state index in [1.165, 1.54) is 77.0 Å². The molecule has 0 aromatic heterocycles. The fourth-order valence-electron chi connectivity index (χ4n) is 5.32. The third-order valence-electron chi connectivity index (χ3n) is 8.29. The zero-order valence-corrected chi connectivity index (χ0v) is 31.4. The predicted molar refractivity (Wildman–Crippen MR) is 197 cm³/mol. The minimum absolute atomic E-state index is 0.0368. The number of hydrogen-bond acceptors (Lipinski definition) is 6. The van der Waals surface area contributed by atoms with Gasteiger partial charge in [-0.3, -0.25) is 9.59 Å². The van der Waals surface area contributed by atoms with Crippen LogP contribution in [0.3, 0.4) is 0 Å². The normalized spacial score (nSPS) is 13.4. The van der Waals surface area contributed by atoms with Crippen LogP contribution in [0.2, 0.25) is 0 Å². The van der Waals surface area contributed by atoms with Gasteiger partial charge in [0.15, 0.2) is 12.1 Å². The molecule has 0 heterocycles. The van der Waals surface area contributed by atoms with Crippen molar-refractivity contribution >= 4 is 17.9 Å². The van der Waals surface area contributed by atoms with Crippen molar-refractivity contribution in [3.05, 3.63) is 36.5 Å². The van der Waals surface area contributed by atoms with Crippen molar-refractivity contribution in [1.82, 2.24) is 0 Å². The number of allylic oxidation sites excluding steroid dienone is 6. The topological polar surface area (TPSA) is 99.1 Å². The maximum Gasteiger partial charge on any atom is 0.362 e. The number of carboxylic acids is 1. The molecule has 8 heteroatoms. The Morgan fingerprint density at radius 1 is 0.646 bits per heavy atom. The van der Waals surface area contributed by atoms with E-state index in [0.29, 0.717) is 19.3 Å². The van der Waals surface area contributed by atoms with E-state index in [2.05, 4.69) is 38.2 Å². The zero-order chi connectivity index (χ0) is 35.7. The van der Waals surface area contributed by atoms with E-state index in [-0.39, 0.29) is 42.7 Å². The summed E-state index contributed by atoms with van der Waals surface area (Å²) in [7, 11) is 5.49. The lowest BCUT2D eigenvalue weighted by Gasteiger charge is -2.31. The van der Waals surface area contributed by atoms with E-state index in [1.807, 2.05) is 33.3 Å². The fraction of sp³-hybridized carbons (Fsp3) is 0.775. The molecule has 2 atom stereocenters. The second-order valence-corrected chi connectivity index (χ2v) is 13.8. The van der Waals surface area contributed by atoms with Crippen LogP contribution in [0.5, 0.6) is 0 Å². The van der Waals surface area contributed by atoms with Gasteiger partial charge in [-0.2, -0.15) is 0 Å². The van der Waals surface area contributed by atoms with Crippen LogP contribution in [0.15, 0.2) is 36.5 Å². The van der Waals surface area contributed by atoms with Gasteiger partial charge in [-0.1, -0.05) is 115 Å². The maximum absolute atomic E-state index is 12.5. The lowest BCUT2D eigenvalue weighted by molar-refractivity contribution is -0.887. The Balaban J connectivity index is 4.32. The van der Waals surface area contributed by atoms with Gasteiger partial charge in [-0.25, -0.2) is 4.79 Å². The van der Waals surface area contributed by atoms with Gasteiger partial charge < -0.3 is 23.8 Å². The van der Waals surface area contributed by atoms with E-state index >= 15 is 0 Å². The highest BCUT2D eigenvalue weighted by Gasteiger charge is 2.31. The number of ether oxygens (including phenoxy) is 3. The fourth-order valence-corrected chi connectivity index (χ4v) is 5.32. The Morgan fingerprint density at radius 2 is 1.21 bits per heavy atom. The molecule has 1 N–H and O–H groups in total.